The highest BCUT2D eigenvalue weighted by Gasteiger charge is 2.12. The zero-order chi connectivity index (χ0) is 20.2. The molecule has 4 aromatic rings. The summed E-state index contributed by atoms with van der Waals surface area (Å²) in [5.74, 6) is 0.782. The van der Waals surface area contributed by atoms with Gasteiger partial charge < -0.3 is 4.74 Å². The minimum atomic E-state index is -0.425. The van der Waals surface area contributed by atoms with Gasteiger partial charge in [-0.2, -0.15) is 14.6 Å². The molecule has 0 atom stereocenters. The fourth-order valence-electron chi connectivity index (χ4n) is 2.78. The summed E-state index contributed by atoms with van der Waals surface area (Å²) in [5.41, 5.74) is 1.19. The second-order valence-electron chi connectivity index (χ2n) is 6.43. The predicted molar refractivity (Wildman–Crippen MR) is 111 cm³/mol. The first-order valence-corrected chi connectivity index (χ1v) is 10.0. The number of hydrogen-bond donors (Lipinski definition) is 0. The molecule has 7 nitrogen and oxygen atoms in total. The molecule has 3 aromatic heterocycles. The maximum absolute atomic E-state index is 12.7. The Bertz CT molecular complexity index is 1300. The van der Waals surface area contributed by atoms with Crippen LogP contribution in [0.4, 0.5) is 0 Å². The van der Waals surface area contributed by atoms with Crippen LogP contribution < -0.4 is 20.4 Å². The lowest BCUT2D eigenvalue weighted by atomic mass is 10.1. The molecule has 0 aliphatic heterocycles. The van der Waals surface area contributed by atoms with Gasteiger partial charge in [-0.15, -0.1) is 0 Å². The minimum absolute atomic E-state index is 0.229. The number of fused-ring (bicyclic) bond motifs is 1. The van der Waals surface area contributed by atoms with E-state index in [1.807, 2.05) is 37.3 Å². The Morgan fingerprint density at radius 2 is 2.00 bits per heavy atom. The van der Waals surface area contributed by atoms with Gasteiger partial charge in [-0.25, -0.2) is 0 Å². The van der Waals surface area contributed by atoms with Gasteiger partial charge >= 0.3 is 0 Å². The van der Waals surface area contributed by atoms with Gasteiger partial charge in [0.25, 0.3) is 11.1 Å². The van der Waals surface area contributed by atoms with Gasteiger partial charge in [0.15, 0.2) is 0 Å². The number of hydrogen-bond acceptors (Lipinski definition) is 7. The lowest BCUT2D eigenvalue weighted by Gasteiger charge is -2.05. The van der Waals surface area contributed by atoms with Crippen molar-refractivity contribution < 1.29 is 4.74 Å². The van der Waals surface area contributed by atoms with Crippen molar-refractivity contribution in [1.29, 1.82) is 0 Å². The Labute approximate surface area is 170 Å². The fourth-order valence-corrected chi connectivity index (χ4v) is 3.69. The van der Waals surface area contributed by atoms with Crippen LogP contribution in [0.1, 0.15) is 30.2 Å². The third kappa shape index (κ3) is 4.22. The molecule has 1 aromatic carbocycles. The van der Waals surface area contributed by atoms with Crippen molar-refractivity contribution in [2.24, 2.45) is 0 Å². The summed E-state index contributed by atoms with van der Waals surface area (Å²) in [6.45, 7) is 2.71. The standard InChI is InChI=1S/C21H18N4O3S/c1-2-10-28-16-7-5-14(6-8-16)11-17-19(26)23-21-25(24-17)20(27)18(29-21)12-15-4-3-9-22-13-15/h3-9,12-13H,2,10-11H2,1H3. The number of pyridine rings is 1. The fraction of sp³-hybridized carbons (Fsp3) is 0.190. The number of nitrogens with zero attached hydrogens (tertiary/aromatic N) is 4. The Morgan fingerprint density at radius 1 is 1.17 bits per heavy atom. The molecule has 0 saturated heterocycles. The van der Waals surface area contributed by atoms with E-state index in [2.05, 4.69) is 15.1 Å². The molecule has 0 aliphatic rings. The molecule has 0 saturated carbocycles. The normalized spacial score (nSPS) is 11.8. The van der Waals surface area contributed by atoms with E-state index < -0.39 is 5.56 Å². The van der Waals surface area contributed by atoms with Crippen molar-refractivity contribution in [3.05, 3.63) is 90.9 Å². The Hall–Kier alpha value is -3.39. The summed E-state index contributed by atoms with van der Waals surface area (Å²) in [4.78, 5) is 33.5. The van der Waals surface area contributed by atoms with Gasteiger partial charge in [0.2, 0.25) is 4.96 Å². The average molecular weight is 406 g/mol. The van der Waals surface area contributed by atoms with Gasteiger partial charge in [0.05, 0.1) is 11.1 Å². The van der Waals surface area contributed by atoms with E-state index >= 15 is 0 Å². The molecule has 0 radical (unpaired) electrons. The molecule has 0 unspecified atom stereocenters. The zero-order valence-electron chi connectivity index (χ0n) is 15.7. The molecule has 0 amide bonds. The summed E-state index contributed by atoms with van der Waals surface area (Å²) < 4.78 is 7.22. The summed E-state index contributed by atoms with van der Waals surface area (Å²) in [5, 5.41) is 4.28. The van der Waals surface area contributed by atoms with E-state index in [-0.39, 0.29) is 16.2 Å². The van der Waals surface area contributed by atoms with Crippen LogP contribution in [-0.2, 0) is 6.42 Å². The lowest BCUT2D eigenvalue weighted by Crippen LogP contribution is -2.28. The molecule has 0 spiro atoms. The number of rotatable bonds is 6. The summed E-state index contributed by atoms with van der Waals surface area (Å²) in [6, 6.07) is 11.1. The van der Waals surface area contributed by atoms with Crippen molar-refractivity contribution >= 4 is 22.4 Å². The predicted octanol–water partition coefficient (Wildman–Crippen LogP) is 1.83. The summed E-state index contributed by atoms with van der Waals surface area (Å²) in [7, 11) is 0. The number of thiazole rings is 1. The van der Waals surface area contributed by atoms with Crippen LogP contribution >= 0.6 is 11.3 Å². The molecule has 4 rings (SSSR count). The second-order valence-corrected chi connectivity index (χ2v) is 7.44. The van der Waals surface area contributed by atoms with E-state index in [0.717, 1.165) is 34.6 Å². The average Bonchev–Trinajstić information content (AvgIpc) is 3.03. The topological polar surface area (TPSA) is 86.4 Å². The first-order valence-electron chi connectivity index (χ1n) is 9.20. The molecule has 8 heteroatoms. The van der Waals surface area contributed by atoms with Crippen molar-refractivity contribution in [3.8, 4) is 5.75 Å². The summed E-state index contributed by atoms with van der Waals surface area (Å²) >= 11 is 1.13. The number of benzene rings is 1. The third-order valence-electron chi connectivity index (χ3n) is 4.20. The van der Waals surface area contributed by atoms with Crippen LogP contribution in [0.3, 0.4) is 0 Å². The molecule has 3 heterocycles. The van der Waals surface area contributed by atoms with Crippen molar-refractivity contribution in [2.75, 3.05) is 6.61 Å². The summed E-state index contributed by atoms with van der Waals surface area (Å²) in [6.07, 6.45) is 6.27. The monoisotopic (exact) mass is 406 g/mol. The van der Waals surface area contributed by atoms with Crippen molar-refractivity contribution in [3.63, 3.8) is 0 Å². The highest BCUT2D eigenvalue weighted by molar-refractivity contribution is 7.15. The highest BCUT2D eigenvalue weighted by atomic mass is 32.1. The maximum atomic E-state index is 12.7. The van der Waals surface area contributed by atoms with Crippen molar-refractivity contribution in [2.45, 2.75) is 19.8 Å². The SMILES string of the molecule is CCCOc1ccc(Cc2nn3c(=O)c(=Cc4cccnc4)sc3nc2=O)cc1. The van der Waals surface area contributed by atoms with Crippen LogP contribution in [0.5, 0.6) is 5.75 Å². The largest absolute Gasteiger partial charge is 0.494 e. The van der Waals surface area contributed by atoms with Crippen LogP contribution in [0.15, 0.2) is 58.4 Å². The van der Waals surface area contributed by atoms with E-state index in [9.17, 15) is 9.59 Å². The maximum Gasteiger partial charge on any atom is 0.296 e. The van der Waals surface area contributed by atoms with Gasteiger partial charge in [-0.1, -0.05) is 36.5 Å². The molecular formula is C21H18N4O3S. The van der Waals surface area contributed by atoms with Gasteiger partial charge in [-0.05, 0) is 41.8 Å². The van der Waals surface area contributed by atoms with E-state index in [0.29, 0.717) is 17.6 Å². The Balaban J connectivity index is 1.67. The van der Waals surface area contributed by atoms with E-state index in [1.54, 1.807) is 24.5 Å². The molecule has 29 heavy (non-hydrogen) atoms. The highest BCUT2D eigenvalue weighted by Crippen LogP contribution is 2.14. The Kier molecular flexibility index (Phi) is 5.44. The van der Waals surface area contributed by atoms with Crippen LogP contribution in [0, 0.1) is 0 Å². The zero-order valence-corrected chi connectivity index (χ0v) is 16.6. The Morgan fingerprint density at radius 3 is 2.72 bits per heavy atom. The molecule has 0 fully saturated rings. The quantitative estimate of drug-likeness (QED) is 0.486. The van der Waals surface area contributed by atoms with Crippen molar-refractivity contribution in [1.82, 2.24) is 19.6 Å². The van der Waals surface area contributed by atoms with Crippen LogP contribution in [0.25, 0.3) is 11.0 Å². The van der Waals surface area contributed by atoms with Gasteiger partial charge in [-0.3, -0.25) is 14.6 Å². The van der Waals surface area contributed by atoms with Crippen LogP contribution in [0.2, 0.25) is 0 Å². The van der Waals surface area contributed by atoms with Gasteiger partial charge in [0, 0.05) is 18.8 Å². The first kappa shape index (κ1) is 18.9. The van der Waals surface area contributed by atoms with E-state index in [4.69, 9.17) is 4.74 Å². The lowest BCUT2D eigenvalue weighted by molar-refractivity contribution is 0.317. The number of aromatic nitrogens is 4. The third-order valence-corrected chi connectivity index (χ3v) is 5.16. The molecule has 146 valence electrons. The van der Waals surface area contributed by atoms with E-state index in [1.165, 1.54) is 4.52 Å². The molecular weight excluding hydrogens is 388 g/mol. The first-order chi connectivity index (χ1) is 14.1. The molecule has 0 N–H and O–H groups in total. The molecule has 0 aliphatic carbocycles. The smallest absolute Gasteiger partial charge is 0.296 e. The number of ether oxygens (including phenoxy) is 1. The minimum Gasteiger partial charge on any atom is -0.494 e. The van der Waals surface area contributed by atoms with Crippen LogP contribution in [-0.4, -0.2) is 26.2 Å². The second kappa shape index (κ2) is 8.32. The van der Waals surface area contributed by atoms with Gasteiger partial charge in [0.1, 0.15) is 11.4 Å². The molecule has 0 bridgehead atoms.